The molecule has 0 aromatic rings. The minimum Gasteiger partial charge on any atom is -0.354 e. The van der Waals surface area contributed by atoms with Crippen molar-refractivity contribution in [1.29, 1.82) is 0 Å². The van der Waals surface area contributed by atoms with E-state index in [1.807, 2.05) is 13.8 Å². The summed E-state index contributed by atoms with van der Waals surface area (Å²) in [5.74, 6) is 0.0906. The van der Waals surface area contributed by atoms with Crippen molar-refractivity contribution in [2.24, 2.45) is 0 Å². The van der Waals surface area contributed by atoms with Crippen LogP contribution in [-0.4, -0.2) is 74.6 Å². The fourth-order valence-corrected chi connectivity index (χ4v) is 1.78. The first kappa shape index (κ1) is 14.4. The Morgan fingerprint density at radius 3 is 2.47 bits per heavy atom. The molecular weight excluding hydrogens is 216 g/mol. The fraction of sp³-hybridized carbons (Fsp3) is 0.917. The third-order valence-electron chi connectivity index (χ3n) is 3.02. The lowest BCUT2D eigenvalue weighted by Crippen LogP contribution is -2.47. The van der Waals surface area contributed by atoms with E-state index in [4.69, 9.17) is 0 Å². The number of carbonyl (C=O) groups is 1. The van der Waals surface area contributed by atoms with Gasteiger partial charge in [-0.15, -0.1) is 0 Å². The van der Waals surface area contributed by atoms with Gasteiger partial charge < -0.3 is 15.5 Å². The molecule has 5 nitrogen and oxygen atoms in total. The van der Waals surface area contributed by atoms with E-state index in [9.17, 15) is 4.79 Å². The summed E-state index contributed by atoms with van der Waals surface area (Å²) in [7, 11) is 2.15. The predicted octanol–water partition coefficient (Wildman–Crippen LogP) is -0.652. The highest BCUT2D eigenvalue weighted by molar-refractivity contribution is 5.77. The normalized spacial score (nSPS) is 18.6. The van der Waals surface area contributed by atoms with Crippen LogP contribution in [0, 0.1) is 0 Å². The van der Waals surface area contributed by atoms with Gasteiger partial charge in [-0.2, -0.15) is 0 Å². The first-order chi connectivity index (χ1) is 8.08. The average Bonchev–Trinajstić information content (AvgIpc) is 2.29. The van der Waals surface area contributed by atoms with Crippen molar-refractivity contribution in [3.05, 3.63) is 0 Å². The quantitative estimate of drug-likeness (QED) is 0.650. The number of hydrogen-bond acceptors (Lipinski definition) is 4. The number of carbonyl (C=O) groups excluding carboxylic acids is 1. The molecule has 0 atom stereocenters. The SMILES string of the molecule is CC(C)NCC(=O)NCCN1CCN(C)CC1. The van der Waals surface area contributed by atoms with Gasteiger partial charge in [0.1, 0.15) is 0 Å². The summed E-state index contributed by atoms with van der Waals surface area (Å²) in [6.07, 6.45) is 0. The highest BCUT2D eigenvalue weighted by Gasteiger charge is 2.13. The van der Waals surface area contributed by atoms with Crippen LogP contribution in [-0.2, 0) is 4.79 Å². The van der Waals surface area contributed by atoms with Crippen LogP contribution >= 0.6 is 0 Å². The second-order valence-electron chi connectivity index (χ2n) is 5.03. The van der Waals surface area contributed by atoms with Crippen molar-refractivity contribution < 1.29 is 4.79 Å². The molecule has 0 aromatic heterocycles. The molecule has 1 amide bonds. The lowest BCUT2D eigenvalue weighted by Gasteiger charge is -2.32. The maximum atomic E-state index is 11.4. The Bertz CT molecular complexity index is 225. The van der Waals surface area contributed by atoms with Gasteiger partial charge in [-0.3, -0.25) is 9.69 Å². The van der Waals surface area contributed by atoms with E-state index in [0.29, 0.717) is 12.6 Å². The van der Waals surface area contributed by atoms with Crippen molar-refractivity contribution in [3.63, 3.8) is 0 Å². The summed E-state index contributed by atoms with van der Waals surface area (Å²) < 4.78 is 0. The van der Waals surface area contributed by atoms with E-state index in [1.165, 1.54) is 0 Å². The van der Waals surface area contributed by atoms with Crippen molar-refractivity contribution >= 4 is 5.91 Å². The molecule has 0 unspecified atom stereocenters. The number of likely N-dealkylation sites (N-methyl/N-ethyl adjacent to an activating group) is 1. The maximum absolute atomic E-state index is 11.4. The third kappa shape index (κ3) is 6.61. The standard InChI is InChI=1S/C12H26N4O/c1-11(2)14-10-12(17)13-4-5-16-8-6-15(3)7-9-16/h11,14H,4-10H2,1-3H3,(H,13,17). The molecule has 2 N–H and O–H groups in total. The van der Waals surface area contributed by atoms with Crippen molar-refractivity contribution in [2.75, 3.05) is 52.9 Å². The van der Waals surface area contributed by atoms with Gasteiger partial charge in [-0.25, -0.2) is 0 Å². The number of hydrogen-bond donors (Lipinski definition) is 2. The highest BCUT2D eigenvalue weighted by atomic mass is 16.1. The van der Waals surface area contributed by atoms with Gasteiger partial charge in [0.2, 0.25) is 5.91 Å². The largest absolute Gasteiger partial charge is 0.354 e. The summed E-state index contributed by atoms with van der Waals surface area (Å²) in [4.78, 5) is 16.2. The molecule has 1 fully saturated rings. The average molecular weight is 242 g/mol. The van der Waals surface area contributed by atoms with Crippen molar-refractivity contribution in [1.82, 2.24) is 20.4 Å². The Morgan fingerprint density at radius 1 is 1.24 bits per heavy atom. The van der Waals surface area contributed by atoms with Gasteiger partial charge >= 0.3 is 0 Å². The summed E-state index contributed by atoms with van der Waals surface area (Å²) >= 11 is 0. The van der Waals surface area contributed by atoms with E-state index in [0.717, 1.165) is 39.3 Å². The second kappa shape index (κ2) is 7.63. The Hall–Kier alpha value is -0.650. The Balaban J connectivity index is 2.01. The molecule has 0 aliphatic carbocycles. The zero-order valence-electron chi connectivity index (χ0n) is 11.3. The molecule has 0 spiro atoms. The lowest BCUT2D eigenvalue weighted by molar-refractivity contribution is -0.120. The van der Waals surface area contributed by atoms with Crippen molar-refractivity contribution in [3.8, 4) is 0 Å². The second-order valence-corrected chi connectivity index (χ2v) is 5.03. The topological polar surface area (TPSA) is 47.6 Å². The lowest BCUT2D eigenvalue weighted by atomic mass is 10.3. The summed E-state index contributed by atoms with van der Waals surface area (Å²) in [6.45, 7) is 10.7. The molecule has 0 bridgehead atoms. The van der Waals surface area contributed by atoms with Crippen molar-refractivity contribution in [2.45, 2.75) is 19.9 Å². The maximum Gasteiger partial charge on any atom is 0.234 e. The molecule has 100 valence electrons. The molecule has 1 aliphatic rings. The van der Waals surface area contributed by atoms with E-state index in [-0.39, 0.29) is 5.91 Å². The zero-order valence-corrected chi connectivity index (χ0v) is 11.3. The number of nitrogens with one attached hydrogen (secondary N) is 2. The molecule has 1 heterocycles. The third-order valence-corrected chi connectivity index (χ3v) is 3.02. The first-order valence-electron chi connectivity index (χ1n) is 6.49. The molecule has 0 saturated carbocycles. The van der Waals surface area contributed by atoms with Gasteiger partial charge in [0.25, 0.3) is 0 Å². The van der Waals surface area contributed by atoms with Gasteiger partial charge in [-0.1, -0.05) is 13.8 Å². The first-order valence-corrected chi connectivity index (χ1v) is 6.49. The molecule has 1 saturated heterocycles. The van der Waals surface area contributed by atoms with E-state index in [2.05, 4.69) is 27.5 Å². The van der Waals surface area contributed by atoms with Crippen LogP contribution in [0.2, 0.25) is 0 Å². The Morgan fingerprint density at radius 2 is 1.88 bits per heavy atom. The van der Waals surface area contributed by atoms with Gasteiger partial charge in [0.15, 0.2) is 0 Å². The van der Waals surface area contributed by atoms with Gasteiger partial charge in [0, 0.05) is 45.3 Å². The van der Waals surface area contributed by atoms with Crippen LogP contribution in [0.4, 0.5) is 0 Å². The molecule has 1 aliphatic heterocycles. The fourth-order valence-electron chi connectivity index (χ4n) is 1.78. The van der Waals surface area contributed by atoms with E-state index < -0.39 is 0 Å². The molecule has 0 radical (unpaired) electrons. The Labute approximate surface area is 105 Å². The van der Waals surface area contributed by atoms with Crippen LogP contribution in [0.15, 0.2) is 0 Å². The number of amides is 1. The van der Waals surface area contributed by atoms with Crippen LogP contribution in [0.1, 0.15) is 13.8 Å². The minimum atomic E-state index is 0.0906. The molecule has 0 aromatic carbocycles. The van der Waals surface area contributed by atoms with Crippen LogP contribution < -0.4 is 10.6 Å². The van der Waals surface area contributed by atoms with E-state index in [1.54, 1.807) is 0 Å². The number of nitrogens with zero attached hydrogens (tertiary/aromatic N) is 2. The molecular formula is C12H26N4O. The smallest absolute Gasteiger partial charge is 0.234 e. The minimum absolute atomic E-state index is 0.0906. The predicted molar refractivity (Wildman–Crippen MR) is 70.1 cm³/mol. The number of rotatable bonds is 6. The summed E-state index contributed by atoms with van der Waals surface area (Å²) in [6, 6.07) is 0.360. The zero-order chi connectivity index (χ0) is 12.7. The summed E-state index contributed by atoms with van der Waals surface area (Å²) in [5.41, 5.74) is 0. The monoisotopic (exact) mass is 242 g/mol. The number of piperazine rings is 1. The van der Waals surface area contributed by atoms with Crippen LogP contribution in [0.25, 0.3) is 0 Å². The van der Waals surface area contributed by atoms with Crippen LogP contribution in [0.3, 0.4) is 0 Å². The van der Waals surface area contributed by atoms with Crippen LogP contribution in [0.5, 0.6) is 0 Å². The summed E-state index contributed by atoms with van der Waals surface area (Å²) in [5, 5.41) is 6.05. The molecule has 17 heavy (non-hydrogen) atoms. The van der Waals surface area contributed by atoms with Gasteiger partial charge in [-0.05, 0) is 7.05 Å². The molecule has 5 heteroatoms. The van der Waals surface area contributed by atoms with E-state index >= 15 is 0 Å². The highest BCUT2D eigenvalue weighted by Crippen LogP contribution is 1.97. The van der Waals surface area contributed by atoms with Gasteiger partial charge in [0.05, 0.1) is 6.54 Å². The molecule has 1 rings (SSSR count). The Kier molecular flexibility index (Phi) is 6.47.